The van der Waals surface area contributed by atoms with E-state index in [1.54, 1.807) is 0 Å². The Morgan fingerprint density at radius 2 is 2.50 bits per heavy atom. The number of carboxylic acid groups (broad SMARTS) is 1. The van der Waals surface area contributed by atoms with Crippen LogP contribution in [0.2, 0.25) is 0 Å². The minimum absolute atomic E-state index is 0.154. The lowest BCUT2D eigenvalue weighted by Gasteiger charge is -2.26. The van der Waals surface area contributed by atoms with Crippen LogP contribution in [0.25, 0.3) is 0 Å². The highest BCUT2D eigenvalue weighted by Crippen LogP contribution is 2.22. The van der Waals surface area contributed by atoms with Gasteiger partial charge in [-0.25, -0.2) is 0 Å². The Kier molecular flexibility index (Phi) is 3.05. The van der Waals surface area contributed by atoms with Crippen molar-refractivity contribution in [2.24, 2.45) is 0 Å². The Morgan fingerprint density at radius 3 is 2.92 bits per heavy atom. The van der Waals surface area contributed by atoms with Crippen LogP contribution >= 0.6 is 0 Å². The van der Waals surface area contributed by atoms with Crippen LogP contribution in [0.5, 0.6) is 0 Å². The molecule has 0 radical (unpaired) electrons. The molecular formula is C8H15NO3. The molecule has 1 rings (SSSR count). The number of carbonyl (C=O) groups is 1. The van der Waals surface area contributed by atoms with E-state index in [-0.39, 0.29) is 12.0 Å². The van der Waals surface area contributed by atoms with Gasteiger partial charge in [-0.05, 0) is 13.0 Å². The predicted octanol–water partition coefficient (Wildman–Crippen LogP) is 0.230. The second-order valence-electron chi connectivity index (χ2n) is 3.18. The number of likely N-dealkylation sites (N-methyl/N-ethyl adjacent to an activating group) is 1. The minimum atomic E-state index is -0.763. The highest BCUT2D eigenvalue weighted by atomic mass is 16.5. The standard InChI is InChI=1S/C8H15NO3/c1-2-9-8(5-7(10)11)3-4-12-6-8/h9H,2-6H2,1H3,(H,10,11). The van der Waals surface area contributed by atoms with Crippen molar-refractivity contribution in [3.8, 4) is 0 Å². The summed E-state index contributed by atoms with van der Waals surface area (Å²) in [5, 5.41) is 11.9. The van der Waals surface area contributed by atoms with E-state index in [1.165, 1.54) is 0 Å². The van der Waals surface area contributed by atoms with Crippen molar-refractivity contribution in [2.45, 2.75) is 25.3 Å². The molecule has 70 valence electrons. The lowest BCUT2D eigenvalue weighted by Crippen LogP contribution is -2.47. The Morgan fingerprint density at radius 1 is 1.75 bits per heavy atom. The Hall–Kier alpha value is -0.610. The van der Waals surface area contributed by atoms with E-state index in [4.69, 9.17) is 9.84 Å². The van der Waals surface area contributed by atoms with Crippen molar-refractivity contribution in [2.75, 3.05) is 19.8 Å². The van der Waals surface area contributed by atoms with Crippen molar-refractivity contribution < 1.29 is 14.6 Å². The summed E-state index contributed by atoms with van der Waals surface area (Å²) in [6.45, 7) is 3.95. The molecular weight excluding hydrogens is 158 g/mol. The van der Waals surface area contributed by atoms with Gasteiger partial charge in [0.1, 0.15) is 0 Å². The van der Waals surface area contributed by atoms with Crippen LogP contribution in [0.15, 0.2) is 0 Å². The second kappa shape index (κ2) is 3.87. The van der Waals surface area contributed by atoms with Gasteiger partial charge in [0, 0.05) is 6.61 Å². The van der Waals surface area contributed by atoms with Gasteiger partial charge >= 0.3 is 5.97 Å². The fourth-order valence-electron chi connectivity index (χ4n) is 1.61. The number of carboxylic acids is 1. The Balaban J connectivity index is 2.52. The first-order valence-electron chi connectivity index (χ1n) is 4.23. The molecule has 1 aliphatic rings. The van der Waals surface area contributed by atoms with Gasteiger partial charge in [-0.15, -0.1) is 0 Å². The SMILES string of the molecule is CCNC1(CC(=O)O)CCOC1. The highest BCUT2D eigenvalue weighted by Gasteiger charge is 2.35. The first-order chi connectivity index (χ1) is 5.68. The van der Waals surface area contributed by atoms with E-state index in [0.29, 0.717) is 13.2 Å². The van der Waals surface area contributed by atoms with Crippen LogP contribution < -0.4 is 5.32 Å². The van der Waals surface area contributed by atoms with E-state index in [2.05, 4.69) is 5.32 Å². The molecule has 0 aromatic heterocycles. The maximum absolute atomic E-state index is 10.5. The molecule has 1 fully saturated rings. The first-order valence-corrected chi connectivity index (χ1v) is 4.23. The summed E-state index contributed by atoms with van der Waals surface area (Å²) in [7, 11) is 0. The maximum Gasteiger partial charge on any atom is 0.305 e. The van der Waals surface area contributed by atoms with Gasteiger partial charge in [0.25, 0.3) is 0 Å². The van der Waals surface area contributed by atoms with Crippen LogP contribution in [0.4, 0.5) is 0 Å². The molecule has 4 nitrogen and oxygen atoms in total. The molecule has 0 saturated carbocycles. The molecule has 4 heteroatoms. The molecule has 1 saturated heterocycles. The summed E-state index contributed by atoms with van der Waals surface area (Å²) in [5.41, 5.74) is -0.305. The number of ether oxygens (including phenoxy) is 1. The zero-order chi connectivity index (χ0) is 9.03. The predicted molar refractivity (Wildman–Crippen MR) is 44.1 cm³/mol. The molecule has 2 N–H and O–H groups in total. The minimum Gasteiger partial charge on any atom is -0.481 e. The van der Waals surface area contributed by atoms with Crippen molar-refractivity contribution in [3.63, 3.8) is 0 Å². The number of aliphatic carboxylic acids is 1. The van der Waals surface area contributed by atoms with Crippen molar-refractivity contribution >= 4 is 5.97 Å². The molecule has 0 spiro atoms. The molecule has 0 amide bonds. The van der Waals surface area contributed by atoms with Crippen LogP contribution in [0, 0.1) is 0 Å². The van der Waals surface area contributed by atoms with Gasteiger partial charge in [-0.2, -0.15) is 0 Å². The average Bonchev–Trinajstić information content (AvgIpc) is 2.36. The third kappa shape index (κ3) is 2.19. The quantitative estimate of drug-likeness (QED) is 0.639. The summed E-state index contributed by atoms with van der Waals surface area (Å²) in [5.74, 6) is -0.763. The van der Waals surface area contributed by atoms with E-state index in [9.17, 15) is 4.79 Å². The number of nitrogens with one attached hydrogen (secondary N) is 1. The summed E-state index contributed by atoms with van der Waals surface area (Å²) >= 11 is 0. The summed E-state index contributed by atoms with van der Waals surface area (Å²) in [6.07, 6.45) is 0.952. The fraction of sp³-hybridized carbons (Fsp3) is 0.875. The molecule has 0 aliphatic carbocycles. The molecule has 0 bridgehead atoms. The van der Waals surface area contributed by atoms with Crippen LogP contribution in [0.3, 0.4) is 0 Å². The molecule has 1 atom stereocenters. The van der Waals surface area contributed by atoms with Gasteiger partial charge in [-0.3, -0.25) is 4.79 Å². The summed E-state index contributed by atoms with van der Waals surface area (Å²) in [6, 6.07) is 0. The number of rotatable bonds is 4. The van der Waals surface area contributed by atoms with E-state index < -0.39 is 5.97 Å². The monoisotopic (exact) mass is 173 g/mol. The second-order valence-corrected chi connectivity index (χ2v) is 3.18. The molecule has 12 heavy (non-hydrogen) atoms. The molecule has 1 aliphatic heterocycles. The molecule has 1 heterocycles. The zero-order valence-electron chi connectivity index (χ0n) is 7.30. The highest BCUT2D eigenvalue weighted by molar-refractivity contribution is 5.68. The fourth-order valence-corrected chi connectivity index (χ4v) is 1.61. The lowest BCUT2D eigenvalue weighted by molar-refractivity contribution is -0.138. The maximum atomic E-state index is 10.5. The largest absolute Gasteiger partial charge is 0.481 e. The topological polar surface area (TPSA) is 58.6 Å². The van der Waals surface area contributed by atoms with Crippen LogP contribution in [-0.2, 0) is 9.53 Å². The van der Waals surface area contributed by atoms with E-state index in [0.717, 1.165) is 13.0 Å². The van der Waals surface area contributed by atoms with Crippen LogP contribution in [0.1, 0.15) is 19.8 Å². The lowest BCUT2D eigenvalue weighted by atomic mass is 9.94. The molecule has 0 aromatic rings. The normalized spacial score (nSPS) is 29.1. The third-order valence-corrected chi connectivity index (χ3v) is 2.14. The van der Waals surface area contributed by atoms with Gasteiger partial charge < -0.3 is 15.2 Å². The van der Waals surface area contributed by atoms with E-state index in [1.807, 2.05) is 6.92 Å². The number of hydrogen-bond donors (Lipinski definition) is 2. The Bertz CT molecular complexity index is 164. The third-order valence-electron chi connectivity index (χ3n) is 2.14. The van der Waals surface area contributed by atoms with E-state index >= 15 is 0 Å². The molecule has 1 unspecified atom stereocenters. The van der Waals surface area contributed by atoms with Crippen molar-refractivity contribution in [1.29, 1.82) is 0 Å². The van der Waals surface area contributed by atoms with Gasteiger partial charge in [-0.1, -0.05) is 6.92 Å². The Labute approximate surface area is 71.9 Å². The summed E-state index contributed by atoms with van der Waals surface area (Å²) in [4.78, 5) is 10.5. The average molecular weight is 173 g/mol. The smallest absolute Gasteiger partial charge is 0.305 e. The number of hydrogen-bond acceptors (Lipinski definition) is 3. The van der Waals surface area contributed by atoms with Gasteiger partial charge in [0.05, 0.1) is 18.6 Å². The summed E-state index contributed by atoms with van der Waals surface area (Å²) < 4.78 is 5.19. The van der Waals surface area contributed by atoms with Gasteiger partial charge in [0.2, 0.25) is 0 Å². The zero-order valence-corrected chi connectivity index (χ0v) is 7.30. The van der Waals surface area contributed by atoms with Crippen molar-refractivity contribution in [1.82, 2.24) is 5.32 Å². The molecule has 0 aromatic carbocycles. The first kappa shape index (κ1) is 9.48. The van der Waals surface area contributed by atoms with Crippen molar-refractivity contribution in [3.05, 3.63) is 0 Å². The van der Waals surface area contributed by atoms with Gasteiger partial charge in [0.15, 0.2) is 0 Å². The van der Waals surface area contributed by atoms with Crippen LogP contribution in [-0.4, -0.2) is 36.4 Å².